The van der Waals surface area contributed by atoms with Gasteiger partial charge in [0.2, 0.25) is 0 Å². The van der Waals surface area contributed by atoms with Crippen molar-refractivity contribution in [1.29, 1.82) is 0 Å². The molecule has 3 amide bonds. The number of fused-ring (bicyclic) bond motifs is 1. The van der Waals surface area contributed by atoms with E-state index in [4.69, 9.17) is 23.2 Å². The van der Waals surface area contributed by atoms with Gasteiger partial charge in [-0.15, -0.1) is 0 Å². The Labute approximate surface area is 212 Å². The Balaban J connectivity index is 1.43. The molecule has 6 nitrogen and oxygen atoms in total. The van der Waals surface area contributed by atoms with E-state index in [1.165, 1.54) is 0 Å². The molecule has 0 aliphatic carbocycles. The van der Waals surface area contributed by atoms with Crippen molar-refractivity contribution < 1.29 is 14.4 Å². The van der Waals surface area contributed by atoms with E-state index in [1.807, 2.05) is 31.2 Å². The first-order chi connectivity index (χ1) is 16.8. The highest BCUT2D eigenvalue weighted by Crippen LogP contribution is 2.33. The smallest absolute Gasteiger partial charge is 0.283 e. The number of imide groups is 1. The molecule has 1 N–H and O–H groups in total. The van der Waals surface area contributed by atoms with Gasteiger partial charge in [0, 0.05) is 28.5 Å². The number of anilines is 3. The molecule has 0 atom stereocenters. The molecule has 0 bridgehead atoms. The van der Waals surface area contributed by atoms with Gasteiger partial charge in [-0.1, -0.05) is 47.5 Å². The lowest BCUT2D eigenvalue weighted by atomic mass is 10.0. The number of nitrogens with zero attached hydrogens (tertiary/aromatic N) is 2. The summed E-state index contributed by atoms with van der Waals surface area (Å²) < 4.78 is 0. The number of amides is 3. The largest absolute Gasteiger partial charge is 0.349 e. The molecule has 0 unspecified atom stereocenters. The van der Waals surface area contributed by atoms with E-state index in [-0.39, 0.29) is 16.6 Å². The van der Waals surface area contributed by atoms with Crippen molar-refractivity contribution in [2.75, 3.05) is 21.7 Å². The minimum atomic E-state index is -0.628. The van der Waals surface area contributed by atoms with Gasteiger partial charge in [-0.2, -0.15) is 0 Å². The third kappa shape index (κ3) is 4.20. The van der Waals surface area contributed by atoms with Crippen molar-refractivity contribution in [2.24, 2.45) is 0 Å². The van der Waals surface area contributed by atoms with Crippen LogP contribution in [-0.4, -0.2) is 24.3 Å². The van der Waals surface area contributed by atoms with Gasteiger partial charge in [-0.25, -0.2) is 4.90 Å². The second-order valence-corrected chi connectivity index (χ2v) is 9.27. The summed E-state index contributed by atoms with van der Waals surface area (Å²) in [6.45, 7) is 2.48. The molecule has 176 valence electrons. The van der Waals surface area contributed by atoms with Crippen LogP contribution in [0.25, 0.3) is 0 Å². The molecule has 0 spiro atoms. The summed E-state index contributed by atoms with van der Waals surface area (Å²) in [4.78, 5) is 42.1. The zero-order valence-corrected chi connectivity index (χ0v) is 20.4. The second-order valence-electron chi connectivity index (χ2n) is 8.45. The summed E-state index contributed by atoms with van der Waals surface area (Å²) >= 11 is 12.2. The summed E-state index contributed by atoms with van der Waals surface area (Å²) in [6, 6.07) is 19.5. The molecule has 3 aromatic carbocycles. The van der Waals surface area contributed by atoms with Crippen LogP contribution in [0.2, 0.25) is 5.02 Å². The van der Waals surface area contributed by atoms with E-state index in [1.54, 1.807) is 47.4 Å². The third-order valence-electron chi connectivity index (χ3n) is 6.21. The monoisotopic (exact) mass is 505 g/mol. The van der Waals surface area contributed by atoms with Crippen molar-refractivity contribution in [3.05, 3.63) is 99.2 Å². The van der Waals surface area contributed by atoms with Crippen LogP contribution in [-0.2, 0) is 16.0 Å². The third-order valence-corrected chi connectivity index (χ3v) is 6.81. The van der Waals surface area contributed by atoms with Crippen molar-refractivity contribution in [2.45, 2.75) is 19.8 Å². The number of carbonyl (C=O) groups excluding carboxylic acids is 3. The number of benzene rings is 3. The first-order valence-corrected chi connectivity index (χ1v) is 11.9. The van der Waals surface area contributed by atoms with E-state index < -0.39 is 11.8 Å². The molecule has 8 heteroatoms. The van der Waals surface area contributed by atoms with Crippen LogP contribution in [0, 0.1) is 6.92 Å². The average molecular weight is 506 g/mol. The number of nitrogens with one attached hydrogen (secondary N) is 1. The summed E-state index contributed by atoms with van der Waals surface area (Å²) in [6.07, 6.45) is 1.83. The number of para-hydroxylation sites is 1. The molecular formula is C27H21Cl2N3O3. The number of halogens is 2. The summed E-state index contributed by atoms with van der Waals surface area (Å²) in [5, 5.41) is 3.27. The lowest BCUT2D eigenvalue weighted by Gasteiger charge is -2.29. The highest BCUT2D eigenvalue weighted by Gasteiger charge is 2.39. The van der Waals surface area contributed by atoms with Gasteiger partial charge < -0.3 is 10.2 Å². The van der Waals surface area contributed by atoms with Crippen LogP contribution < -0.4 is 15.1 Å². The van der Waals surface area contributed by atoms with E-state index in [0.717, 1.165) is 34.6 Å². The van der Waals surface area contributed by atoms with Gasteiger partial charge in [0.15, 0.2) is 0 Å². The summed E-state index contributed by atoms with van der Waals surface area (Å²) in [7, 11) is 0. The van der Waals surface area contributed by atoms with Crippen molar-refractivity contribution in [1.82, 2.24) is 0 Å². The van der Waals surface area contributed by atoms with E-state index in [9.17, 15) is 14.4 Å². The predicted octanol–water partition coefficient (Wildman–Crippen LogP) is 5.68. The zero-order chi connectivity index (χ0) is 24.7. The molecule has 0 saturated carbocycles. The van der Waals surface area contributed by atoms with Crippen molar-refractivity contribution in [3.8, 4) is 0 Å². The van der Waals surface area contributed by atoms with E-state index >= 15 is 0 Å². The maximum Gasteiger partial charge on any atom is 0.283 e. The normalized spacial score (nSPS) is 15.5. The molecule has 5 rings (SSSR count). The molecular weight excluding hydrogens is 485 g/mol. The van der Waals surface area contributed by atoms with Crippen molar-refractivity contribution >= 4 is 58.0 Å². The predicted molar refractivity (Wildman–Crippen MR) is 138 cm³/mol. The maximum absolute atomic E-state index is 13.4. The fourth-order valence-corrected chi connectivity index (χ4v) is 4.70. The molecule has 0 fully saturated rings. The first-order valence-electron chi connectivity index (χ1n) is 11.2. The second kappa shape index (κ2) is 9.21. The zero-order valence-electron chi connectivity index (χ0n) is 18.8. The van der Waals surface area contributed by atoms with Gasteiger partial charge in [0.25, 0.3) is 17.7 Å². The molecule has 2 heterocycles. The van der Waals surface area contributed by atoms with Crippen LogP contribution in [0.3, 0.4) is 0 Å². The van der Waals surface area contributed by atoms with Crippen LogP contribution in [0.4, 0.5) is 17.1 Å². The Bertz CT molecular complexity index is 1400. The van der Waals surface area contributed by atoms with Crippen LogP contribution >= 0.6 is 23.2 Å². The highest BCUT2D eigenvalue weighted by atomic mass is 35.5. The summed E-state index contributed by atoms with van der Waals surface area (Å²) in [5.41, 5.74) is 4.17. The molecule has 0 radical (unpaired) electrons. The number of rotatable bonds is 4. The summed E-state index contributed by atoms with van der Waals surface area (Å²) in [5.74, 6) is -1.34. The quantitative estimate of drug-likeness (QED) is 0.463. The van der Waals surface area contributed by atoms with Crippen LogP contribution in [0.5, 0.6) is 0 Å². The Kier molecular flexibility index (Phi) is 6.09. The van der Waals surface area contributed by atoms with Gasteiger partial charge in [0.1, 0.15) is 10.7 Å². The number of aryl methyl sites for hydroxylation is 2. The van der Waals surface area contributed by atoms with E-state index in [0.29, 0.717) is 28.5 Å². The van der Waals surface area contributed by atoms with Gasteiger partial charge in [-0.3, -0.25) is 14.4 Å². The van der Waals surface area contributed by atoms with Gasteiger partial charge >= 0.3 is 0 Å². The molecule has 2 aliphatic rings. The maximum atomic E-state index is 13.4. The molecule has 0 aromatic heterocycles. The molecule has 3 aromatic rings. The average Bonchev–Trinajstić information content (AvgIpc) is 3.08. The standard InChI is InChI=1S/C27H21Cl2N3O3/c1-16-8-9-18(25(33)31-14-4-6-17-5-2-3-7-22(17)31)15-21(16)30-24-23(29)26(34)32(27(24)35)20-12-10-19(28)11-13-20/h2-3,5,7-13,15,30H,4,6,14H2,1H3. The lowest BCUT2D eigenvalue weighted by Crippen LogP contribution is -2.35. The molecule has 35 heavy (non-hydrogen) atoms. The van der Waals surface area contributed by atoms with E-state index in [2.05, 4.69) is 5.32 Å². The van der Waals surface area contributed by atoms with Gasteiger partial charge in [-0.05, 0) is 73.4 Å². The Morgan fingerprint density at radius 2 is 1.69 bits per heavy atom. The first kappa shape index (κ1) is 23.1. The minimum Gasteiger partial charge on any atom is -0.349 e. The highest BCUT2D eigenvalue weighted by molar-refractivity contribution is 6.53. The Morgan fingerprint density at radius 3 is 2.46 bits per heavy atom. The fraction of sp³-hybridized carbons (Fsp3) is 0.148. The van der Waals surface area contributed by atoms with Crippen molar-refractivity contribution in [3.63, 3.8) is 0 Å². The Hall–Kier alpha value is -3.61. The Morgan fingerprint density at radius 1 is 0.943 bits per heavy atom. The molecule has 2 aliphatic heterocycles. The minimum absolute atomic E-state index is 0.0392. The number of carbonyl (C=O) groups is 3. The molecule has 0 saturated heterocycles. The SMILES string of the molecule is Cc1ccc(C(=O)N2CCCc3ccccc32)cc1NC1=C(Cl)C(=O)N(c2ccc(Cl)cc2)C1=O. The van der Waals surface area contributed by atoms with Gasteiger partial charge in [0.05, 0.1) is 5.69 Å². The fourth-order valence-electron chi connectivity index (χ4n) is 4.36. The number of hydrogen-bond donors (Lipinski definition) is 1. The number of hydrogen-bond acceptors (Lipinski definition) is 4. The van der Waals surface area contributed by atoms with Crippen LogP contribution in [0.1, 0.15) is 27.9 Å². The lowest BCUT2D eigenvalue weighted by molar-refractivity contribution is -0.120. The van der Waals surface area contributed by atoms with Crippen LogP contribution in [0.15, 0.2) is 77.5 Å². The topological polar surface area (TPSA) is 69.7 Å².